The predicted molar refractivity (Wildman–Crippen MR) is 112 cm³/mol. The lowest BCUT2D eigenvalue weighted by atomic mass is 10.1. The highest BCUT2D eigenvalue weighted by molar-refractivity contribution is 5.96. The van der Waals surface area contributed by atoms with Gasteiger partial charge in [-0.25, -0.2) is 0 Å². The van der Waals surface area contributed by atoms with Crippen LogP contribution in [-0.4, -0.2) is 36.6 Å². The van der Waals surface area contributed by atoms with E-state index in [4.69, 9.17) is 9.47 Å². The molecular formula is C21H21N3O6. The molecule has 1 amide bonds. The van der Waals surface area contributed by atoms with E-state index in [1.807, 2.05) is 0 Å². The second-order valence-corrected chi connectivity index (χ2v) is 6.60. The van der Waals surface area contributed by atoms with Crippen molar-refractivity contribution >= 4 is 22.5 Å². The van der Waals surface area contributed by atoms with E-state index in [1.165, 1.54) is 39.3 Å². The Morgan fingerprint density at radius 1 is 1.17 bits per heavy atom. The summed E-state index contributed by atoms with van der Waals surface area (Å²) < 4.78 is 10.7. The normalized spacial score (nSPS) is 10.6. The molecule has 1 aromatic heterocycles. The smallest absolute Gasteiger partial charge is 0.273 e. The second-order valence-electron chi connectivity index (χ2n) is 6.60. The van der Waals surface area contributed by atoms with Gasteiger partial charge in [0.25, 0.3) is 17.2 Å². The van der Waals surface area contributed by atoms with E-state index in [0.717, 1.165) is 0 Å². The van der Waals surface area contributed by atoms with Gasteiger partial charge in [0.15, 0.2) is 0 Å². The molecule has 2 aromatic carbocycles. The average Bonchev–Trinajstić information content (AvgIpc) is 2.73. The monoisotopic (exact) mass is 411 g/mol. The van der Waals surface area contributed by atoms with Gasteiger partial charge in [-0.15, -0.1) is 0 Å². The number of nitrogens with zero attached hydrogens (tertiary/aromatic N) is 1. The first-order valence-electron chi connectivity index (χ1n) is 9.16. The van der Waals surface area contributed by atoms with Crippen molar-refractivity contribution in [2.75, 3.05) is 20.8 Å². The zero-order chi connectivity index (χ0) is 21.8. The summed E-state index contributed by atoms with van der Waals surface area (Å²) >= 11 is 0. The molecule has 0 saturated carbocycles. The summed E-state index contributed by atoms with van der Waals surface area (Å²) in [5, 5.41) is 14.5. The maximum atomic E-state index is 12.5. The summed E-state index contributed by atoms with van der Waals surface area (Å²) in [6.07, 6.45) is 0.269. The molecule has 0 fully saturated rings. The summed E-state index contributed by atoms with van der Waals surface area (Å²) in [7, 11) is 3.05. The van der Waals surface area contributed by atoms with Crippen LogP contribution in [0.15, 0.2) is 41.2 Å². The molecule has 0 atom stereocenters. The van der Waals surface area contributed by atoms with Crippen molar-refractivity contribution < 1.29 is 19.2 Å². The summed E-state index contributed by atoms with van der Waals surface area (Å²) in [4.78, 5) is 38.3. The van der Waals surface area contributed by atoms with Crippen LogP contribution in [0.25, 0.3) is 10.9 Å². The fourth-order valence-electron chi connectivity index (χ4n) is 3.29. The highest BCUT2D eigenvalue weighted by Gasteiger charge is 2.18. The maximum Gasteiger partial charge on any atom is 0.273 e. The highest BCUT2D eigenvalue weighted by Crippen LogP contribution is 2.31. The Balaban J connectivity index is 1.80. The summed E-state index contributed by atoms with van der Waals surface area (Å²) in [6, 6.07) is 9.50. The van der Waals surface area contributed by atoms with Gasteiger partial charge in [0.05, 0.1) is 24.7 Å². The van der Waals surface area contributed by atoms with Gasteiger partial charge in [0.2, 0.25) is 0 Å². The number of nitro benzene ring substituents is 1. The molecule has 0 spiro atoms. The van der Waals surface area contributed by atoms with Crippen LogP contribution in [0.2, 0.25) is 0 Å². The number of rotatable bonds is 7. The van der Waals surface area contributed by atoms with E-state index in [9.17, 15) is 19.7 Å². The number of methoxy groups -OCH3 is 2. The van der Waals surface area contributed by atoms with Crippen molar-refractivity contribution in [3.63, 3.8) is 0 Å². The minimum absolute atomic E-state index is 0.116. The van der Waals surface area contributed by atoms with Gasteiger partial charge >= 0.3 is 0 Å². The summed E-state index contributed by atoms with van der Waals surface area (Å²) in [5.41, 5.74) is 1.10. The molecule has 0 aliphatic carbocycles. The Morgan fingerprint density at radius 3 is 2.53 bits per heavy atom. The van der Waals surface area contributed by atoms with Crippen molar-refractivity contribution in [2.45, 2.75) is 13.3 Å². The Morgan fingerprint density at radius 2 is 1.87 bits per heavy atom. The van der Waals surface area contributed by atoms with Crippen LogP contribution < -0.4 is 20.3 Å². The third-order valence-electron chi connectivity index (χ3n) is 4.88. The minimum Gasteiger partial charge on any atom is -0.496 e. The maximum absolute atomic E-state index is 12.5. The standard InChI is InChI=1S/C21H21N3O6/c1-12-14(5-4-6-16(12)24(27)28)21(26)22-10-9-13-11-15-17(29-2)7-8-18(30-3)19(15)23-20(13)25/h4-8,11H,9-10H2,1-3H3,(H,22,26)(H,23,25). The first kappa shape index (κ1) is 20.8. The van der Waals surface area contributed by atoms with Gasteiger partial charge in [-0.05, 0) is 37.6 Å². The van der Waals surface area contributed by atoms with E-state index in [-0.39, 0.29) is 29.8 Å². The Kier molecular flexibility index (Phi) is 6.01. The van der Waals surface area contributed by atoms with E-state index in [1.54, 1.807) is 18.2 Å². The second kappa shape index (κ2) is 8.64. The summed E-state index contributed by atoms with van der Waals surface area (Å²) in [5.74, 6) is 0.663. The number of hydrogen-bond donors (Lipinski definition) is 2. The molecule has 0 saturated heterocycles. The molecule has 3 rings (SSSR count). The number of nitro groups is 1. The van der Waals surface area contributed by atoms with E-state index in [0.29, 0.717) is 33.5 Å². The SMILES string of the molecule is COc1ccc(OC)c2[nH]c(=O)c(CCNC(=O)c3cccc([N+](=O)[O-])c3C)cc12. The third-order valence-corrected chi connectivity index (χ3v) is 4.88. The molecule has 0 aliphatic heterocycles. The average molecular weight is 411 g/mol. The Bertz CT molecular complexity index is 1190. The van der Waals surface area contributed by atoms with Gasteiger partial charge in [-0.1, -0.05) is 6.07 Å². The van der Waals surface area contributed by atoms with Crippen molar-refractivity contribution in [1.82, 2.24) is 10.3 Å². The van der Waals surface area contributed by atoms with E-state index >= 15 is 0 Å². The first-order valence-corrected chi connectivity index (χ1v) is 9.16. The van der Waals surface area contributed by atoms with Crippen LogP contribution in [0.4, 0.5) is 5.69 Å². The fraction of sp³-hybridized carbons (Fsp3) is 0.238. The molecule has 3 aromatic rings. The lowest BCUT2D eigenvalue weighted by Gasteiger charge is -2.11. The van der Waals surface area contributed by atoms with E-state index < -0.39 is 10.8 Å². The fourth-order valence-corrected chi connectivity index (χ4v) is 3.29. The number of benzene rings is 2. The number of amides is 1. The molecule has 0 aliphatic rings. The molecule has 9 heteroatoms. The number of aromatic amines is 1. The van der Waals surface area contributed by atoms with Crippen molar-refractivity contribution in [3.8, 4) is 11.5 Å². The lowest BCUT2D eigenvalue weighted by Crippen LogP contribution is -2.28. The van der Waals surface area contributed by atoms with Crippen LogP contribution in [0, 0.1) is 17.0 Å². The third kappa shape index (κ3) is 3.95. The van der Waals surface area contributed by atoms with Gasteiger partial charge < -0.3 is 19.8 Å². The van der Waals surface area contributed by atoms with Crippen LogP contribution in [0.5, 0.6) is 11.5 Å². The first-order chi connectivity index (χ1) is 14.4. The van der Waals surface area contributed by atoms with Gasteiger partial charge in [0.1, 0.15) is 11.5 Å². The molecule has 30 heavy (non-hydrogen) atoms. The highest BCUT2D eigenvalue weighted by atomic mass is 16.6. The molecule has 156 valence electrons. The number of carbonyl (C=O) groups excluding carboxylic acids is 1. The number of pyridine rings is 1. The number of aromatic nitrogens is 1. The molecule has 0 unspecified atom stereocenters. The van der Waals surface area contributed by atoms with Gasteiger partial charge in [-0.3, -0.25) is 19.7 Å². The molecule has 2 N–H and O–H groups in total. The topological polar surface area (TPSA) is 124 Å². The number of fused-ring (bicyclic) bond motifs is 1. The molecule has 9 nitrogen and oxygen atoms in total. The largest absolute Gasteiger partial charge is 0.496 e. The summed E-state index contributed by atoms with van der Waals surface area (Å²) in [6.45, 7) is 1.71. The zero-order valence-electron chi connectivity index (χ0n) is 16.8. The van der Waals surface area contributed by atoms with Crippen LogP contribution in [-0.2, 0) is 6.42 Å². The molecule has 0 radical (unpaired) electrons. The van der Waals surface area contributed by atoms with Crippen LogP contribution in [0.1, 0.15) is 21.5 Å². The molecular weight excluding hydrogens is 390 g/mol. The molecule has 1 heterocycles. The number of carbonyl (C=O) groups is 1. The van der Waals surface area contributed by atoms with Crippen molar-refractivity contribution in [1.29, 1.82) is 0 Å². The van der Waals surface area contributed by atoms with Crippen molar-refractivity contribution in [3.05, 3.63) is 73.6 Å². The minimum atomic E-state index is -0.525. The number of nitrogens with one attached hydrogen (secondary N) is 2. The molecule has 0 bridgehead atoms. The van der Waals surface area contributed by atoms with E-state index in [2.05, 4.69) is 10.3 Å². The van der Waals surface area contributed by atoms with Crippen LogP contribution in [0.3, 0.4) is 0 Å². The Hall–Kier alpha value is -3.88. The van der Waals surface area contributed by atoms with Crippen molar-refractivity contribution in [2.24, 2.45) is 0 Å². The predicted octanol–water partition coefficient (Wildman–Crippen LogP) is 2.73. The van der Waals surface area contributed by atoms with Crippen LogP contribution >= 0.6 is 0 Å². The number of H-pyrrole nitrogens is 1. The lowest BCUT2D eigenvalue weighted by molar-refractivity contribution is -0.385. The van der Waals surface area contributed by atoms with Gasteiger partial charge in [0, 0.05) is 34.7 Å². The quantitative estimate of drug-likeness (QED) is 0.455. The van der Waals surface area contributed by atoms with Gasteiger partial charge in [-0.2, -0.15) is 0 Å². The zero-order valence-corrected chi connectivity index (χ0v) is 16.8. The number of ether oxygens (including phenoxy) is 2. The Labute approximate surface area is 171 Å². The number of hydrogen-bond acceptors (Lipinski definition) is 6.